The van der Waals surface area contributed by atoms with E-state index < -0.39 is 6.04 Å². The van der Waals surface area contributed by atoms with Gasteiger partial charge < -0.3 is 9.64 Å². The number of rotatable bonds is 7. The van der Waals surface area contributed by atoms with Crippen LogP contribution in [-0.2, 0) is 14.3 Å². The zero-order chi connectivity index (χ0) is 19.1. The maximum Gasteiger partial charge on any atom is 0.329 e. The third kappa shape index (κ3) is 5.90. The van der Waals surface area contributed by atoms with E-state index in [9.17, 15) is 9.59 Å². The molecule has 2 atom stereocenters. The monoisotopic (exact) mass is 375 g/mol. The molecular formula is C21H29NO3S. The van der Waals surface area contributed by atoms with Gasteiger partial charge in [0.1, 0.15) is 6.04 Å². The third-order valence-corrected chi connectivity index (χ3v) is 5.38. The molecule has 1 aliphatic heterocycles. The number of nitrogens with zero attached hydrogens (tertiary/aromatic N) is 1. The van der Waals surface area contributed by atoms with E-state index in [-0.39, 0.29) is 23.2 Å². The Morgan fingerprint density at radius 1 is 1.19 bits per heavy atom. The van der Waals surface area contributed by atoms with Crippen LogP contribution in [0.25, 0.3) is 6.08 Å². The van der Waals surface area contributed by atoms with Gasteiger partial charge in [0.15, 0.2) is 0 Å². The quantitative estimate of drug-likeness (QED) is 0.529. The van der Waals surface area contributed by atoms with E-state index in [1.807, 2.05) is 44.2 Å². The van der Waals surface area contributed by atoms with Crippen LogP contribution in [0.5, 0.6) is 0 Å². The maximum absolute atomic E-state index is 12.9. The number of hydrogen-bond donors (Lipinski definition) is 0. The molecule has 5 heteroatoms. The Hall–Kier alpha value is -1.75. The Kier molecular flexibility index (Phi) is 7.76. The SMILES string of the molecule is CC(C)COC(=O)[C@H]1CS[C@@H](CC(C)C)N1C(=O)/C=C/c1ccccc1. The highest BCUT2D eigenvalue weighted by Crippen LogP contribution is 2.34. The maximum atomic E-state index is 12.9. The lowest BCUT2D eigenvalue weighted by Gasteiger charge is -2.28. The summed E-state index contributed by atoms with van der Waals surface area (Å²) in [5.41, 5.74) is 0.965. The zero-order valence-corrected chi connectivity index (χ0v) is 16.9. The van der Waals surface area contributed by atoms with Gasteiger partial charge in [0.05, 0.1) is 12.0 Å². The van der Waals surface area contributed by atoms with Gasteiger partial charge in [-0.25, -0.2) is 4.79 Å². The van der Waals surface area contributed by atoms with Gasteiger partial charge in [-0.2, -0.15) is 0 Å². The van der Waals surface area contributed by atoms with Crippen molar-refractivity contribution in [3.63, 3.8) is 0 Å². The first-order valence-corrected chi connectivity index (χ1v) is 10.3. The predicted molar refractivity (Wildman–Crippen MR) is 108 cm³/mol. The minimum atomic E-state index is -0.504. The van der Waals surface area contributed by atoms with Crippen LogP contribution in [0.3, 0.4) is 0 Å². The van der Waals surface area contributed by atoms with Gasteiger partial charge in [0.25, 0.3) is 0 Å². The van der Waals surface area contributed by atoms with Gasteiger partial charge in [-0.05, 0) is 29.9 Å². The molecule has 0 bridgehead atoms. The molecule has 1 aliphatic rings. The van der Waals surface area contributed by atoms with E-state index in [1.54, 1.807) is 28.8 Å². The minimum absolute atomic E-state index is 0.0134. The van der Waals surface area contributed by atoms with Crippen molar-refractivity contribution in [2.75, 3.05) is 12.4 Å². The van der Waals surface area contributed by atoms with Crippen LogP contribution < -0.4 is 0 Å². The topological polar surface area (TPSA) is 46.6 Å². The number of carbonyl (C=O) groups excluding carboxylic acids is 2. The number of hydrogen-bond acceptors (Lipinski definition) is 4. The fourth-order valence-corrected chi connectivity index (χ4v) is 4.42. The molecule has 0 radical (unpaired) electrons. The number of thioether (sulfide) groups is 1. The standard InChI is InChI=1S/C21H29NO3S/c1-15(2)12-20-22(18(14-26-20)21(24)25-13-16(3)4)19(23)11-10-17-8-6-5-7-9-17/h5-11,15-16,18,20H,12-14H2,1-4H3/b11-10+/t18-,20+/m1/s1. The molecule has 0 N–H and O–H groups in total. The molecule has 1 saturated heterocycles. The van der Waals surface area contributed by atoms with Crippen molar-refractivity contribution in [2.45, 2.75) is 45.5 Å². The van der Waals surface area contributed by atoms with Crippen LogP contribution in [0, 0.1) is 11.8 Å². The number of esters is 1. The lowest BCUT2D eigenvalue weighted by molar-refractivity contribution is -0.153. The highest BCUT2D eigenvalue weighted by atomic mass is 32.2. The van der Waals surface area contributed by atoms with Crippen molar-refractivity contribution in [1.82, 2.24) is 4.90 Å². The van der Waals surface area contributed by atoms with Crippen molar-refractivity contribution in [2.24, 2.45) is 11.8 Å². The molecule has 2 rings (SSSR count). The molecule has 1 aromatic rings. The molecule has 0 aliphatic carbocycles. The van der Waals surface area contributed by atoms with Gasteiger partial charge in [0, 0.05) is 11.8 Å². The van der Waals surface area contributed by atoms with E-state index in [2.05, 4.69) is 13.8 Å². The predicted octanol–water partition coefficient (Wildman–Crippen LogP) is 4.22. The highest BCUT2D eigenvalue weighted by molar-refractivity contribution is 8.00. The van der Waals surface area contributed by atoms with E-state index in [0.717, 1.165) is 12.0 Å². The molecule has 26 heavy (non-hydrogen) atoms. The summed E-state index contributed by atoms with van der Waals surface area (Å²) < 4.78 is 5.41. The first-order chi connectivity index (χ1) is 12.4. The molecule has 142 valence electrons. The van der Waals surface area contributed by atoms with Gasteiger partial charge in [-0.3, -0.25) is 4.79 Å². The Morgan fingerprint density at radius 3 is 2.50 bits per heavy atom. The van der Waals surface area contributed by atoms with Gasteiger partial charge in [-0.15, -0.1) is 11.8 Å². The molecule has 0 spiro atoms. The summed E-state index contributed by atoms with van der Waals surface area (Å²) in [5, 5.41) is 0.0134. The van der Waals surface area contributed by atoms with Crippen LogP contribution in [0.1, 0.15) is 39.7 Å². The largest absolute Gasteiger partial charge is 0.464 e. The van der Waals surface area contributed by atoms with Gasteiger partial charge in [-0.1, -0.05) is 58.0 Å². The van der Waals surface area contributed by atoms with Crippen LogP contribution in [-0.4, -0.2) is 40.6 Å². The number of benzene rings is 1. The Bertz CT molecular complexity index is 627. The minimum Gasteiger partial charge on any atom is -0.464 e. The van der Waals surface area contributed by atoms with Crippen LogP contribution in [0.4, 0.5) is 0 Å². The molecule has 1 aromatic carbocycles. The summed E-state index contributed by atoms with van der Waals surface area (Å²) in [4.78, 5) is 27.1. The molecule has 0 saturated carbocycles. The summed E-state index contributed by atoms with van der Waals surface area (Å²) in [7, 11) is 0. The van der Waals surface area contributed by atoms with E-state index in [4.69, 9.17) is 4.74 Å². The summed E-state index contributed by atoms with van der Waals surface area (Å²) in [5.74, 6) is 0.905. The summed E-state index contributed by atoms with van der Waals surface area (Å²) in [6.07, 6.45) is 4.23. The van der Waals surface area contributed by atoms with Crippen LogP contribution in [0.2, 0.25) is 0 Å². The third-order valence-electron chi connectivity index (χ3n) is 4.07. The number of carbonyl (C=O) groups is 2. The zero-order valence-electron chi connectivity index (χ0n) is 16.1. The molecule has 1 amide bonds. The molecule has 1 heterocycles. The lowest BCUT2D eigenvalue weighted by atomic mass is 10.1. The fraction of sp³-hybridized carbons (Fsp3) is 0.524. The summed E-state index contributed by atoms with van der Waals surface area (Å²) in [6, 6.07) is 9.20. The molecular weight excluding hydrogens is 346 g/mol. The smallest absolute Gasteiger partial charge is 0.329 e. The Labute approximate surface area is 161 Å². The highest BCUT2D eigenvalue weighted by Gasteiger charge is 2.41. The second-order valence-corrected chi connectivity index (χ2v) is 8.66. The molecule has 4 nitrogen and oxygen atoms in total. The Balaban J connectivity index is 2.13. The average Bonchev–Trinajstić information content (AvgIpc) is 3.01. The molecule has 0 aromatic heterocycles. The molecule has 1 fully saturated rings. The number of amides is 1. The van der Waals surface area contributed by atoms with Crippen molar-refractivity contribution in [3.8, 4) is 0 Å². The number of ether oxygens (including phenoxy) is 1. The first-order valence-electron chi connectivity index (χ1n) is 9.22. The van der Waals surface area contributed by atoms with Crippen molar-refractivity contribution >= 4 is 29.7 Å². The average molecular weight is 376 g/mol. The van der Waals surface area contributed by atoms with E-state index >= 15 is 0 Å². The van der Waals surface area contributed by atoms with E-state index in [0.29, 0.717) is 18.3 Å². The normalized spacial score (nSPS) is 20.3. The first kappa shape index (κ1) is 20.6. The van der Waals surface area contributed by atoms with Crippen LogP contribution in [0.15, 0.2) is 36.4 Å². The van der Waals surface area contributed by atoms with Crippen LogP contribution >= 0.6 is 11.8 Å². The Morgan fingerprint density at radius 2 is 1.88 bits per heavy atom. The fourth-order valence-electron chi connectivity index (χ4n) is 2.79. The second-order valence-electron chi connectivity index (χ2n) is 7.45. The van der Waals surface area contributed by atoms with Crippen molar-refractivity contribution in [1.29, 1.82) is 0 Å². The summed E-state index contributed by atoms with van der Waals surface area (Å²) >= 11 is 1.67. The second kappa shape index (κ2) is 9.81. The van der Waals surface area contributed by atoms with E-state index in [1.165, 1.54) is 0 Å². The van der Waals surface area contributed by atoms with Crippen molar-refractivity contribution in [3.05, 3.63) is 42.0 Å². The van der Waals surface area contributed by atoms with Gasteiger partial charge >= 0.3 is 5.97 Å². The molecule has 0 unspecified atom stereocenters. The van der Waals surface area contributed by atoms with Crippen molar-refractivity contribution < 1.29 is 14.3 Å². The van der Waals surface area contributed by atoms with Gasteiger partial charge in [0.2, 0.25) is 5.91 Å². The summed E-state index contributed by atoms with van der Waals surface area (Å²) in [6.45, 7) is 8.66. The lowest BCUT2D eigenvalue weighted by Crippen LogP contribution is -2.46.